The third kappa shape index (κ3) is 3.25. The molecule has 10 heteroatoms. The molecular weight excluding hydrogens is 362 g/mol. The highest BCUT2D eigenvalue weighted by atomic mass is 32.2. The lowest BCUT2D eigenvalue weighted by atomic mass is 10.3. The number of nitrogens with two attached hydrogens (primary N) is 1. The van der Waals surface area contributed by atoms with Gasteiger partial charge in [0.2, 0.25) is 10.0 Å². The molecule has 0 saturated heterocycles. The molecule has 1 aromatic carbocycles. The molecule has 2 aromatic heterocycles. The Labute approximate surface area is 147 Å². The molecule has 3 rings (SSSR count). The van der Waals surface area contributed by atoms with Crippen molar-refractivity contribution >= 4 is 37.5 Å². The van der Waals surface area contributed by atoms with Crippen molar-refractivity contribution in [1.82, 2.24) is 14.3 Å². The van der Waals surface area contributed by atoms with Crippen LogP contribution in [-0.2, 0) is 23.6 Å². The van der Waals surface area contributed by atoms with Gasteiger partial charge in [0.05, 0.1) is 21.7 Å². The van der Waals surface area contributed by atoms with E-state index < -0.39 is 15.9 Å². The lowest BCUT2D eigenvalue weighted by molar-refractivity contribution is 0.0989. The van der Waals surface area contributed by atoms with Gasteiger partial charge in [-0.3, -0.25) is 9.48 Å². The minimum absolute atomic E-state index is 0.0152. The topological polar surface area (TPSA) is 112 Å². The van der Waals surface area contributed by atoms with Crippen LogP contribution in [0.5, 0.6) is 0 Å². The Balaban J connectivity index is 2.22. The fourth-order valence-corrected chi connectivity index (χ4v) is 3.97. The maximum Gasteiger partial charge on any atom is 0.297 e. The van der Waals surface area contributed by atoms with Gasteiger partial charge >= 0.3 is 0 Å². The maximum atomic E-state index is 12.4. The highest BCUT2D eigenvalue weighted by Crippen LogP contribution is 2.21. The van der Waals surface area contributed by atoms with Gasteiger partial charge in [0.1, 0.15) is 5.69 Å². The second-order valence-electron chi connectivity index (χ2n) is 5.11. The maximum absolute atomic E-state index is 12.4. The Hall–Kier alpha value is -2.74. The summed E-state index contributed by atoms with van der Waals surface area (Å²) in [5.41, 5.74) is 1.00. The molecule has 0 radical (unpaired) electrons. The number of hydrogen-bond acceptors (Lipinski definition) is 5. The largest absolute Gasteiger partial charge is 0.305 e. The van der Waals surface area contributed by atoms with Crippen molar-refractivity contribution in [2.24, 2.45) is 17.2 Å². The minimum atomic E-state index is -3.83. The number of nitrogens with zero attached hydrogens (tertiary/aromatic N) is 4. The summed E-state index contributed by atoms with van der Waals surface area (Å²) in [6.07, 6.45) is 6.91. The minimum Gasteiger partial charge on any atom is -0.305 e. The summed E-state index contributed by atoms with van der Waals surface area (Å²) in [6, 6.07) is 5.99. The van der Waals surface area contributed by atoms with Crippen molar-refractivity contribution < 1.29 is 13.2 Å². The van der Waals surface area contributed by atoms with Crippen molar-refractivity contribution in [3.63, 3.8) is 0 Å². The standard InChI is InChI=1S/C15H13N5O3S2/c1-3-8-20-11-5-4-10(25(16,22)23)9-13(11)24-15(20)18-14(21)12-6-7-17-19(12)2/h1,4-7,9H,8H2,2H3,(H2,16,22,23). The van der Waals surface area contributed by atoms with E-state index in [-0.39, 0.29) is 11.4 Å². The Morgan fingerprint density at radius 2 is 2.20 bits per heavy atom. The number of hydrogen-bond donors (Lipinski definition) is 1. The first kappa shape index (κ1) is 17.1. The summed E-state index contributed by atoms with van der Waals surface area (Å²) in [5, 5.41) is 9.10. The summed E-state index contributed by atoms with van der Waals surface area (Å²) in [5.74, 6) is 2.04. The van der Waals surface area contributed by atoms with Gasteiger partial charge in [-0.2, -0.15) is 10.1 Å². The van der Waals surface area contributed by atoms with Crippen molar-refractivity contribution in [3.05, 3.63) is 41.0 Å². The average molecular weight is 375 g/mol. The van der Waals surface area contributed by atoms with Gasteiger partial charge in [-0.1, -0.05) is 17.3 Å². The van der Waals surface area contributed by atoms with E-state index in [1.54, 1.807) is 23.7 Å². The Morgan fingerprint density at radius 3 is 2.80 bits per heavy atom. The van der Waals surface area contributed by atoms with Gasteiger partial charge in [0, 0.05) is 13.2 Å². The fraction of sp³-hybridized carbons (Fsp3) is 0.133. The number of aryl methyl sites for hydroxylation is 1. The van der Waals surface area contributed by atoms with Crippen molar-refractivity contribution in [3.8, 4) is 12.3 Å². The molecule has 0 aliphatic carbocycles. The number of amides is 1. The second kappa shape index (κ2) is 6.29. The molecule has 0 saturated carbocycles. The second-order valence-corrected chi connectivity index (χ2v) is 7.68. The first-order valence-electron chi connectivity index (χ1n) is 6.98. The van der Waals surface area contributed by atoms with Crippen molar-refractivity contribution in [2.75, 3.05) is 0 Å². The first-order valence-corrected chi connectivity index (χ1v) is 9.34. The SMILES string of the molecule is C#CCn1c(=NC(=O)c2ccnn2C)sc2cc(S(N)(=O)=O)ccc21. The molecule has 0 fully saturated rings. The van der Waals surface area contributed by atoms with E-state index in [4.69, 9.17) is 11.6 Å². The van der Waals surface area contributed by atoms with Crippen LogP contribution in [-0.4, -0.2) is 28.7 Å². The molecule has 128 valence electrons. The van der Waals surface area contributed by atoms with E-state index in [0.717, 1.165) is 11.3 Å². The Bertz CT molecular complexity index is 1190. The predicted octanol–water partition coefficient (Wildman–Crippen LogP) is 0.458. The number of sulfonamides is 1. The number of rotatable bonds is 3. The number of aromatic nitrogens is 3. The van der Waals surface area contributed by atoms with E-state index in [1.165, 1.54) is 23.0 Å². The highest BCUT2D eigenvalue weighted by molar-refractivity contribution is 7.89. The first-order chi connectivity index (χ1) is 11.8. The number of thiazole rings is 1. The lowest BCUT2D eigenvalue weighted by Gasteiger charge is -2.01. The zero-order valence-corrected chi connectivity index (χ0v) is 14.7. The number of carbonyl (C=O) groups excluding carboxylic acids is 1. The lowest BCUT2D eigenvalue weighted by Crippen LogP contribution is -2.17. The van der Waals surface area contributed by atoms with Gasteiger partial charge in [0.15, 0.2) is 4.80 Å². The molecule has 0 bridgehead atoms. The van der Waals surface area contributed by atoms with E-state index in [0.29, 0.717) is 20.7 Å². The van der Waals surface area contributed by atoms with Crippen molar-refractivity contribution in [2.45, 2.75) is 11.4 Å². The van der Waals surface area contributed by atoms with Gasteiger partial charge in [-0.15, -0.1) is 6.42 Å². The number of benzene rings is 1. The van der Waals surface area contributed by atoms with Crippen LogP contribution < -0.4 is 9.94 Å². The summed E-state index contributed by atoms with van der Waals surface area (Å²) in [6.45, 7) is 0.187. The van der Waals surface area contributed by atoms with Crippen LogP contribution in [0.25, 0.3) is 10.2 Å². The van der Waals surface area contributed by atoms with E-state index in [1.807, 2.05) is 0 Å². The zero-order valence-electron chi connectivity index (χ0n) is 13.1. The predicted molar refractivity (Wildman–Crippen MR) is 93.1 cm³/mol. The highest BCUT2D eigenvalue weighted by Gasteiger charge is 2.14. The summed E-state index contributed by atoms with van der Waals surface area (Å²) >= 11 is 1.16. The Kier molecular flexibility index (Phi) is 4.30. The molecule has 0 unspecified atom stereocenters. The van der Waals surface area contributed by atoms with Crippen LogP contribution in [0.4, 0.5) is 0 Å². The molecule has 2 N–H and O–H groups in total. The number of carbonyl (C=O) groups is 1. The average Bonchev–Trinajstić information content (AvgIpc) is 3.10. The summed E-state index contributed by atoms with van der Waals surface area (Å²) in [7, 11) is -2.19. The molecule has 2 heterocycles. The molecule has 0 aliphatic rings. The fourth-order valence-electron chi connectivity index (χ4n) is 2.29. The van der Waals surface area contributed by atoms with Crippen LogP contribution in [0.1, 0.15) is 10.5 Å². The smallest absolute Gasteiger partial charge is 0.297 e. The zero-order chi connectivity index (χ0) is 18.2. The van der Waals surface area contributed by atoms with E-state index in [2.05, 4.69) is 16.0 Å². The van der Waals surface area contributed by atoms with Gasteiger partial charge in [0.25, 0.3) is 5.91 Å². The van der Waals surface area contributed by atoms with Gasteiger partial charge < -0.3 is 4.57 Å². The van der Waals surface area contributed by atoms with E-state index in [9.17, 15) is 13.2 Å². The molecular formula is C15H13N5O3S2. The number of terminal acetylenes is 1. The van der Waals surface area contributed by atoms with Crippen LogP contribution in [0.15, 0.2) is 40.4 Å². The number of fused-ring (bicyclic) bond motifs is 1. The van der Waals surface area contributed by atoms with Gasteiger partial charge in [-0.05, 0) is 24.3 Å². The third-order valence-electron chi connectivity index (χ3n) is 3.47. The van der Waals surface area contributed by atoms with Crippen LogP contribution >= 0.6 is 11.3 Å². The van der Waals surface area contributed by atoms with Gasteiger partial charge in [-0.25, -0.2) is 13.6 Å². The Morgan fingerprint density at radius 1 is 1.44 bits per heavy atom. The number of primary sulfonamides is 1. The summed E-state index contributed by atoms with van der Waals surface area (Å²) in [4.78, 5) is 16.8. The quantitative estimate of drug-likeness (QED) is 0.670. The van der Waals surface area contributed by atoms with Crippen LogP contribution in [0, 0.1) is 12.3 Å². The third-order valence-corrected chi connectivity index (χ3v) is 5.42. The molecule has 8 nitrogen and oxygen atoms in total. The molecule has 1 amide bonds. The molecule has 0 aliphatic heterocycles. The molecule has 0 atom stereocenters. The molecule has 0 spiro atoms. The van der Waals surface area contributed by atoms with Crippen LogP contribution in [0.2, 0.25) is 0 Å². The molecule has 3 aromatic rings. The monoisotopic (exact) mass is 375 g/mol. The van der Waals surface area contributed by atoms with Crippen LogP contribution in [0.3, 0.4) is 0 Å². The van der Waals surface area contributed by atoms with Crippen molar-refractivity contribution in [1.29, 1.82) is 0 Å². The summed E-state index contributed by atoms with van der Waals surface area (Å²) < 4.78 is 26.7. The van der Waals surface area contributed by atoms with E-state index >= 15 is 0 Å². The molecule has 25 heavy (non-hydrogen) atoms. The normalized spacial score (nSPS) is 12.4.